The fourth-order valence-corrected chi connectivity index (χ4v) is 3.31. The van der Waals surface area contributed by atoms with Gasteiger partial charge in [-0.3, -0.25) is 4.79 Å². The third-order valence-corrected chi connectivity index (χ3v) is 4.65. The molecule has 4 rings (SSSR count). The second kappa shape index (κ2) is 6.01. The van der Waals surface area contributed by atoms with Gasteiger partial charge in [-0.25, -0.2) is 4.68 Å². The molecule has 0 radical (unpaired) electrons. The number of ether oxygens (including phenoxy) is 1. The Morgan fingerprint density at radius 1 is 1.46 bits per heavy atom. The normalized spacial score (nSPS) is 20.2. The topological polar surface area (TPSA) is 86.3 Å². The van der Waals surface area contributed by atoms with Crippen molar-refractivity contribution in [3.8, 4) is 0 Å². The lowest BCUT2D eigenvalue weighted by molar-refractivity contribution is 0.0662. The van der Waals surface area contributed by atoms with E-state index in [2.05, 4.69) is 15.5 Å². The van der Waals surface area contributed by atoms with E-state index in [4.69, 9.17) is 9.26 Å². The number of aryl methyl sites for hydroxylation is 1. The van der Waals surface area contributed by atoms with Gasteiger partial charge in [0, 0.05) is 32.2 Å². The molecule has 2 aliphatic rings. The number of nitrogens with zero attached hydrogens (tertiary/aromatic N) is 5. The standard InChI is InChI=1S/C16H21N5O3/c1-10-5-13(18-24-10)16(22)20-7-12(9-23-2)15-14(8-20)17-19-21(15)6-11-3-4-11/h5,11-12H,3-4,6-9H2,1-2H3/t12-/m0/s1. The number of hydrogen-bond donors (Lipinski definition) is 0. The second-order valence-electron chi connectivity index (χ2n) is 6.71. The summed E-state index contributed by atoms with van der Waals surface area (Å²) in [5.41, 5.74) is 2.30. The van der Waals surface area contributed by atoms with Gasteiger partial charge in [0.15, 0.2) is 5.69 Å². The summed E-state index contributed by atoms with van der Waals surface area (Å²) in [5.74, 6) is 1.27. The van der Waals surface area contributed by atoms with Gasteiger partial charge in [-0.15, -0.1) is 5.10 Å². The van der Waals surface area contributed by atoms with Crippen LogP contribution in [0.5, 0.6) is 0 Å². The van der Waals surface area contributed by atoms with Crippen LogP contribution in [0, 0.1) is 12.8 Å². The maximum Gasteiger partial charge on any atom is 0.276 e. The molecule has 1 saturated carbocycles. The Morgan fingerprint density at radius 2 is 2.29 bits per heavy atom. The molecule has 1 amide bonds. The molecule has 1 aliphatic carbocycles. The van der Waals surface area contributed by atoms with E-state index in [-0.39, 0.29) is 11.8 Å². The number of hydrogen-bond acceptors (Lipinski definition) is 6. The smallest absolute Gasteiger partial charge is 0.276 e. The van der Waals surface area contributed by atoms with Gasteiger partial charge < -0.3 is 14.2 Å². The first kappa shape index (κ1) is 15.3. The molecule has 3 heterocycles. The van der Waals surface area contributed by atoms with Crippen molar-refractivity contribution in [3.05, 3.63) is 28.9 Å². The van der Waals surface area contributed by atoms with E-state index >= 15 is 0 Å². The number of aromatic nitrogens is 4. The lowest BCUT2D eigenvalue weighted by Crippen LogP contribution is -2.40. The van der Waals surface area contributed by atoms with Crippen molar-refractivity contribution in [2.75, 3.05) is 20.3 Å². The van der Waals surface area contributed by atoms with E-state index in [1.807, 2.05) is 4.68 Å². The zero-order valence-corrected chi connectivity index (χ0v) is 13.9. The minimum atomic E-state index is -0.143. The molecule has 1 aliphatic heterocycles. The van der Waals surface area contributed by atoms with Crippen LogP contribution < -0.4 is 0 Å². The summed E-state index contributed by atoms with van der Waals surface area (Å²) >= 11 is 0. The highest BCUT2D eigenvalue weighted by molar-refractivity contribution is 5.92. The Labute approximate surface area is 139 Å². The maximum absolute atomic E-state index is 12.7. The van der Waals surface area contributed by atoms with Gasteiger partial charge in [0.2, 0.25) is 0 Å². The molecular formula is C16H21N5O3. The van der Waals surface area contributed by atoms with Crippen molar-refractivity contribution in [2.24, 2.45) is 5.92 Å². The largest absolute Gasteiger partial charge is 0.384 e. The molecular weight excluding hydrogens is 310 g/mol. The van der Waals surface area contributed by atoms with Crippen molar-refractivity contribution >= 4 is 5.91 Å². The van der Waals surface area contributed by atoms with Crippen LogP contribution in [-0.4, -0.2) is 51.2 Å². The van der Waals surface area contributed by atoms with Crippen molar-refractivity contribution in [1.29, 1.82) is 0 Å². The summed E-state index contributed by atoms with van der Waals surface area (Å²) in [6.07, 6.45) is 2.53. The predicted octanol–water partition coefficient (Wildman–Crippen LogP) is 1.37. The summed E-state index contributed by atoms with van der Waals surface area (Å²) in [6.45, 7) is 4.25. The fourth-order valence-electron chi connectivity index (χ4n) is 3.31. The second-order valence-corrected chi connectivity index (χ2v) is 6.71. The lowest BCUT2D eigenvalue weighted by atomic mass is 9.98. The number of fused-ring (bicyclic) bond motifs is 1. The molecule has 0 spiro atoms. The van der Waals surface area contributed by atoms with Crippen molar-refractivity contribution in [2.45, 2.75) is 38.8 Å². The fraction of sp³-hybridized carbons (Fsp3) is 0.625. The zero-order chi connectivity index (χ0) is 16.7. The van der Waals surface area contributed by atoms with E-state index in [0.717, 1.165) is 23.9 Å². The molecule has 0 bridgehead atoms. The first-order valence-corrected chi connectivity index (χ1v) is 8.29. The minimum Gasteiger partial charge on any atom is -0.384 e. The van der Waals surface area contributed by atoms with Crippen molar-refractivity contribution < 1.29 is 14.1 Å². The molecule has 1 atom stereocenters. The number of methoxy groups -OCH3 is 1. The molecule has 0 unspecified atom stereocenters. The van der Waals surface area contributed by atoms with Crippen LogP contribution in [0.2, 0.25) is 0 Å². The summed E-state index contributed by atoms with van der Waals surface area (Å²) in [7, 11) is 1.68. The molecule has 0 N–H and O–H groups in total. The SMILES string of the molecule is COC[C@@H]1CN(C(=O)c2cc(C)on2)Cc2nnn(CC3CC3)c21. The Bertz CT molecular complexity index is 749. The van der Waals surface area contributed by atoms with Gasteiger partial charge in [0.05, 0.1) is 18.8 Å². The predicted molar refractivity (Wildman–Crippen MR) is 83.3 cm³/mol. The monoisotopic (exact) mass is 331 g/mol. The highest BCUT2D eigenvalue weighted by atomic mass is 16.5. The Morgan fingerprint density at radius 3 is 2.96 bits per heavy atom. The molecule has 0 saturated heterocycles. The molecule has 2 aromatic rings. The number of amides is 1. The molecule has 128 valence electrons. The van der Waals surface area contributed by atoms with E-state index in [0.29, 0.717) is 31.2 Å². The number of rotatable bonds is 5. The number of carbonyl (C=O) groups is 1. The molecule has 0 aromatic carbocycles. The van der Waals surface area contributed by atoms with Gasteiger partial charge in [-0.05, 0) is 25.7 Å². The zero-order valence-electron chi connectivity index (χ0n) is 13.9. The van der Waals surface area contributed by atoms with Gasteiger partial charge >= 0.3 is 0 Å². The van der Waals surface area contributed by atoms with Crippen LogP contribution in [0.1, 0.15) is 46.4 Å². The van der Waals surface area contributed by atoms with Crippen molar-refractivity contribution in [1.82, 2.24) is 25.1 Å². The van der Waals surface area contributed by atoms with Gasteiger partial charge in [-0.1, -0.05) is 10.4 Å². The van der Waals surface area contributed by atoms with Crippen LogP contribution in [0.4, 0.5) is 0 Å². The minimum absolute atomic E-state index is 0.0736. The summed E-state index contributed by atoms with van der Waals surface area (Å²) in [4.78, 5) is 14.4. The Hall–Kier alpha value is -2.22. The average Bonchev–Trinajstić information content (AvgIpc) is 3.13. The van der Waals surface area contributed by atoms with Crippen LogP contribution >= 0.6 is 0 Å². The highest BCUT2D eigenvalue weighted by Crippen LogP contribution is 2.34. The molecule has 8 nitrogen and oxygen atoms in total. The molecule has 24 heavy (non-hydrogen) atoms. The van der Waals surface area contributed by atoms with E-state index < -0.39 is 0 Å². The molecule has 1 fully saturated rings. The Balaban J connectivity index is 1.59. The number of carbonyl (C=O) groups excluding carboxylic acids is 1. The van der Waals surface area contributed by atoms with E-state index in [1.54, 1.807) is 25.0 Å². The van der Waals surface area contributed by atoms with Gasteiger partial charge in [-0.2, -0.15) is 0 Å². The van der Waals surface area contributed by atoms with Crippen LogP contribution in [0.25, 0.3) is 0 Å². The highest BCUT2D eigenvalue weighted by Gasteiger charge is 2.35. The lowest BCUT2D eigenvalue weighted by Gasteiger charge is -2.31. The Kier molecular flexibility index (Phi) is 3.84. The van der Waals surface area contributed by atoms with Gasteiger partial charge in [0.1, 0.15) is 11.5 Å². The third-order valence-electron chi connectivity index (χ3n) is 4.65. The average molecular weight is 331 g/mol. The summed E-state index contributed by atoms with van der Waals surface area (Å²) < 4.78 is 12.4. The van der Waals surface area contributed by atoms with E-state index in [1.165, 1.54) is 12.8 Å². The van der Waals surface area contributed by atoms with Gasteiger partial charge in [0.25, 0.3) is 5.91 Å². The molecule has 2 aromatic heterocycles. The third kappa shape index (κ3) is 2.82. The van der Waals surface area contributed by atoms with Crippen LogP contribution in [-0.2, 0) is 17.8 Å². The van der Waals surface area contributed by atoms with Crippen LogP contribution in [0.3, 0.4) is 0 Å². The van der Waals surface area contributed by atoms with Crippen molar-refractivity contribution in [3.63, 3.8) is 0 Å². The summed E-state index contributed by atoms with van der Waals surface area (Å²) in [6, 6.07) is 1.66. The van der Waals surface area contributed by atoms with Crippen LogP contribution in [0.15, 0.2) is 10.6 Å². The van der Waals surface area contributed by atoms with E-state index in [9.17, 15) is 4.79 Å². The maximum atomic E-state index is 12.7. The molecule has 8 heteroatoms. The summed E-state index contributed by atoms with van der Waals surface area (Å²) in [5, 5.41) is 12.5. The first-order chi connectivity index (χ1) is 11.7. The first-order valence-electron chi connectivity index (χ1n) is 8.29. The quantitative estimate of drug-likeness (QED) is 0.822.